The van der Waals surface area contributed by atoms with Gasteiger partial charge in [0, 0.05) is 13.1 Å². The molecule has 0 bridgehead atoms. The van der Waals surface area contributed by atoms with Crippen LogP contribution in [0.5, 0.6) is 0 Å². The summed E-state index contributed by atoms with van der Waals surface area (Å²) in [5, 5.41) is 2.24. The van der Waals surface area contributed by atoms with Gasteiger partial charge >= 0.3 is 18.4 Å². The molecule has 0 aliphatic carbocycles. The van der Waals surface area contributed by atoms with Crippen molar-refractivity contribution in [1.29, 1.82) is 0 Å². The maximum Gasteiger partial charge on any atom is 0.324 e. The molecular formula is C6H8F4N2O. The summed E-state index contributed by atoms with van der Waals surface area (Å²) in [6.07, 6.45) is -3.74. The maximum absolute atomic E-state index is 12.4. The molecule has 0 aromatic rings. The van der Waals surface area contributed by atoms with E-state index in [1.807, 2.05) is 0 Å². The second kappa shape index (κ2) is 3.39. The van der Waals surface area contributed by atoms with E-state index in [4.69, 9.17) is 0 Å². The highest BCUT2D eigenvalue weighted by molar-refractivity contribution is 5.76. The molecule has 7 heteroatoms. The molecule has 3 nitrogen and oxygen atoms in total. The molecule has 0 aromatic heterocycles. The van der Waals surface area contributed by atoms with Gasteiger partial charge in [0.15, 0.2) is 0 Å². The van der Waals surface area contributed by atoms with Crippen LogP contribution < -0.4 is 5.32 Å². The summed E-state index contributed by atoms with van der Waals surface area (Å²) >= 11 is 0. The zero-order chi connectivity index (χ0) is 10.1. The number of halogens is 4. The molecule has 0 spiro atoms. The predicted molar refractivity (Wildman–Crippen MR) is 35.9 cm³/mol. The van der Waals surface area contributed by atoms with Crippen molar-refractivity contribution in [3.05, 3.63) is 0 Å². The van der Waals surface area contributed by atoms with E-state index >= 15 is 0 Å². The van der Waals surface area contributed by atoms with Crippen LogP contribution in [0, 0.1) is 0 Å². The van der Waals surface area contributed by atoms with Crippen LogP contribution in [0.4, 0.5) is 22.4 Å². The Kier molecular flexibility index (Phi) is 2.63. The fraction of sp³-hybridized carbons (Fsp3) is 0.833. The Labute approximate surface area is 71.7 Å². The number of nitrogens with one attached hydrogen (secondary N) is 1. The molecule has 0 radical (unpaired) electrons. The number of urea groups is 1. The molecule has 76 valence electrons. The third-order valence-corrected chi connectivity index (χ3v) is 1.67. The lowest BCUT2D eigenvalue weighted by atomic mass is 10.3. The van der Waals surface area contributed by atoms with Crippen LogP contribution in [0.1, 0.15) is 0 Å². The Hall–Kier alpha value is -1.01. The lowest BCUT2D eigenvalue weighted by Gasteiger charge is -2.21. The zero-order valence-electron chi connectivity index (χ0n) is 6.57. The first-order chi connectivity index (χ1) is 5.93. The Balaban J connectivity index is 2.52. The second-order valence-electron chi connectivity index (χ2n) is 2.72. The fourth-order valence-electron chi connectivity index (χ4n) is 0.985. The molecule has 13 heavy (non-hydrogen) atoms. The highest BCUT2D eigenvalue weighted by Crippen LogP contribution is 2.24. The summed E-state index contributed by atoms with van der Waals surface area (Å²) in [5.74, 6) is -4.12. The van der Waals surface area contributed by atoms with Crippen molar-refractivity contribution in [3.8, 4) is 0 Å². The van der Waals surface area contributed by atoms with Crippen LogP contribution in [-0.2, 0) is 0 Å². The first-order valence-electron chi connectivity index (χ1n) is 3.62. The van der Waals surface area contributed by atoms with Crippen molar-refractivity contribution in [2.24, 2.45) is 0 Å². The van der Waals surface area contributed by atoms with E-state index in [1.165, 1.54) is 0 Å². The van der Waals surface area contributed by atoms with Crippen LogP contribution in [0.2, 0.25) is 0 Å². The minimum atomic E-state index is -4.12. The number of carbonyl (C=O) groups excluding carboxylic acids is 1. The van der Waals surface area contributed by atoms with Crippen molar-refractivity contribution in [2.75, 3.05) is 19.6 Å². The average Bonchev–Trinajstić information content (AvgIpc) is 2.35. The molecule has 2 amide bonds. The van der Waals surface area contributed by atoms with Gasteiger partial charge in [-0.1, -0.05) is 0 Å². The molecule has 0 aromatic carbocycles. The standard InChI is InChI=1S/C6H8F4N2O/c7-4(8)6(9,10)3-12-2-1-11-5(12)13/h4H,1-3H2,(H,11,13). The second-order valence-corrected chi connectivity index (χ2v) is 2.72. The molecule has 1 saturated heterocycles. The topological polar surface area (TPSA) is 32.3 Å². The highest BCUT2D eigenvalue weighted by atomic mass is 19.3. The van der Waals surface area contributed by atoms with Gasteiger partial charge in [0.25, 0.3) is 0 Å². The van der Waals surface area contributed by atoms with Crippen LogP contribution in [0.15, 0.2) is 0 Å². The number of rotatable bonds is 3. The van der Waals surface area contributed by atoms with E-state index in [2.05, 4.69) is 5.32 Å². The maximum atomic E-state index is 12.4. The molecule has 0 saturated carbocycles. The molecule has 1 fully saturated rings. The largest absolute Gasteiger partial charge is 0.336 e. The van der Waals surface area contributed by atoms with Crippen LogP contribution in [0.25, 0.3) is 0 Å². The summed E-state index contributed by atoms with van der Waals surface area (Å²) in [4.78, 5) is 11.4. The lowest BCUT2D eigenvalue weighted by molar-refractivity contribution is -0.135. The number of amides is 2. The van der Waals surface area contributed by atoms with E-state index in [0.29, 0.717) is 4.90 Å². The Morgan fingerprint density at radius 3 is 2.54 bits per heavy atom. The van der Waals surface area contributed by atoms with Gasteiger partial charge in [-0.05, 0) is 0 Å². The quantitative estimate of drug-likeness (QED) is 0.675. The van der Waals surface area contributed by atoms with Gasteiger partial charge in [-0.3, -0.25) is 0 Å². The van der Waals surface area contributed by atoms with Crippen LogP contribution in [0.3, 0.4) is 0 Å². The average molecular weight is 200 g/mol. The van der Waals surface area contributed by atoms with Crippen molar-refractivity contribution in [1.82, 2.24) is 10.2 Å². The minimum Gasteiger partial charge on any atom is -0.336 e. The van der Waals surface area contributed by atoms with E-state index in [9.17, 15) is 22.4 Å². The van der Waals surface area contributed by atoms with Gasteiger partial charge in [-0.2, -0.15) is 8.78 Å². The summed E-state index contributed by atoms with van der Waals surface area (Å²) in [6.45, 7) is -0.963. The van der Waals surface area contributed by atoms with Gasteiger partial charge < -0.3 is 10.2 Å². The third kappa shape index (κ3) is 2.22. The minimum absolute atomic E-state index is 0.0428. The first-order valence-corrected chi connectivity index (χ1v) is 3.62. The van der Waals surface area contributed by atoms with Gasteiger partial charge in [0.1, 0.15) is 0 Å². The first kappa shape index (κ1) is 10.1. The molecule has 1 aliphatic rings. The number of alkyl halides is 4. The summed E-state index contributed by atoms with van der Waals surface area (Å²) in [6, 6.07) is -0.722. The number of hydrogen-bond acceptors (Lipinski definition) is 1. The van der Waals surface area contributed by atoms with E-state index in [0.717, 1.165) is 0 Å². The zero-order valence-corrected chi connectivity index (χ0v) is 6.57. The number of nitrogens with zero attached hydrogens (tertiary/aromatic N) is 1. The summed E-state index contributed by atoms with van der Waals surface area (Å²) < 4.78 is 48.2. The molecule has 0 atom stereocenters. The monoisotopic (exact) mass is 200 g/mol. The molecule has 0 unspecified atom stereocenters. The van der Waals surface area contributed by atoms with E-state index < -0.39 is 24.9 Å². The smallest absolute Gasteiger partial charge is 0.324 e. The normalized spacial score (nSPS) is 18.2. The molecule has 1 N–H and O–H groups in total. The van der Waals surface area contributed by atoms with Gasteiger partial charge in [-0.25, -0.2) is 13.6 Å². The SMILES string of the molecule is O=C1NCCN1CC(F)(F)C(F)F. The van der Waals surface area contributed by atoms with Crippen LogP contribution in [-0.4, -0.2) is 42.9 Å². The Morgan fingerprint density at radius 1 is 1.54 bits per heavy atom. The van der Waals surface area contributed by atoms with Crippen molar-refractivity contribution >= 4 is 6.03 Å². The predicted octanol–water partition coefficient (Wildman–Crippen LogP) is 0.912. The van der Waals surface area contributed by atoms with Gasteiger partial charge in [0.05, 0.1) is 6.54 Å². The van der Waals surface area contributed by atoms with Crippen molar-refractivity contribution in [3.63, 3.8) is 0 Å². The van der Waals surface area contributed by atoms with E-state index in [1.54, 1.807) is 0 Å². The molecule has 1 heterocycles. The van der Waals surface area contributed by atoms with Gasteiger partial charge in [0.2, 0.25) is 0 Å². The number of hydrogen-bond donors (Lipinski definition) is 1. The molecule has 1 aliphatic heterocycles. The van der Waals surface area contributed by atoms with Gasteiger partial charge in [-0.15, -0.1) is 0 Å². The Bertz CT molecular complexity index is 209. The van der Waals surface area contributed by atoms with Crippen LogP contribution >= 0.6 is 0 Å². The molecular weight excluding hydrogens is 192 g/mol. The Morgan fingerprint density at radius 2 is 2.15 bits per heavy atom. The van der Waals surface area contributed by atoms with E-state index in [-0.39, 0.29) is 13.1 Å². The molecule has 1 rings (SSSR count). The number of carbonyl (C=O) groups is 1. The third-order valence-electron chi connectivity index (χ3n) is 1.67. The lowest BCUT2D eigenvalue weighted by Crippen LogP contribution is -2.43. The highest BCUT2D eigenvalue weighted by Gasteiger charge is 2.44. The van der Waals surface area contributed by atoms with Crippen molar-refractivity contribution < 1.29 is 22.4 Å². The fourth-order valence-corrected chi connectivity index (χ4v) is 0.985. The summed E-state index contributed by atoms with van der Waals surface area (Å²) in [7, 11) is 0. The summed E-state index contributed by atoms with van der Waals surface area (Å²) in [5.41, 5.74) is 0. The van der Waals surface area contributed by atoms with Crippen molar-refractivity contribution in [2.45, 2.75) is 12.3 Å².